The zero-order chi connectivity index (χ0) is 9.26. The molecule has 0 spiro atoms. The molecule has 0 aromatic rings. The summed E-state index contributed by atoms with van der Waals surface area (Å²) in [5, 5.41) is 0. The quantitative estimate of drug-likeness (QED) is 0.592. The van der Waals surface area contributed by atoms with Crippen LogP contribution < -0.4 is 0 Å². The van der Waals surface area contributed by atoms with E-state index in [9.17, 15) is 0 Å². The lowest BCUT2D eigenvalue weighted by Crippen LogP contribution is -1.85. The van der Waals surface area contributed by atoms with Gasteiger partial charge in [-0.3, -0.25) is 0 Å². The molecule has 68 valence electrons. The van der Waals surface area contributed by atoms with Crippen LogP contribution in [0.5, 0.6) is 0 Å². The van der Waals surface area contributed by atoms with E-state index in [-0.39, 0.29) is 0 Å². The Bertz CT molecular complexity index is 301. The Balaban J connectivity index is 1.89. The third-order valence-electron chi connectivity index (χ3n) is 2.67. The molecule has 0 amide bonds. The van der Waals surface area contributed by atoms with Crippen molar-refractivity contribution < 1.29 is 0 Å². The molecule has 0 aromatic heterocycles. The third kappa shape index (κ3) is 2.00. The summed E-state index contributed by atoms with van der Waals surface area (Å²) < 4.78 is 0. The lowest BCUT2D eigenvalue weighted by Gasteiger charge is -2.04. The van der Waals surface area contributed by atoms with E-state index in [0.717, 1.165) is 0 Å². The summed E-state index contributed by atoms with van der Waals surface area (Å²) in [6.07, 6.45) is 12.6. The molecule has 0 radical (unpaired) electrons. The molecule has 13 heavy (non-hydrogen) atoms. The average Bonchev–Trinajstić information content (AvgIpc) is 2.62. The molecule has 0 saturated heterocycles. The van der Waals surface area contributed by atoms with Crippen LogP contribution in [0.15, 0.2) is 46.6 Å². The van der Waals surface area contributed by atoms with Gasteiger partial charge in [0.1, 0.15) is 0 Å². The second-order valence-electron chi connectivity index (χ2n) is 4.21. The van der Waals surface area contributed by atoms with Crippen LogP contribution in [0.1, 0.15) is 33.1 Å². The van der Waals surface area contributed by atoms with E-state index >= 15 is 0 Å². The van der Waals surface area contributed by atoms with Crippen LogP contribution in [0.25, 0.3) is 0 Å². The molecule has 0 atom stereocenters. The van der Waals surface area contributed by atoms with Gasteiger partial charge in [0.25, 0.3) is 0 Å². The topological polar surface area (TPSA) is 0 Å². The molecule has 2 aliphatic rings. The maximum Gasteiger partial charge on any atom is -0.00958 e. The van der Waals surface area contributed by atoms with Crippen molar-refractivity contribution >= 4 is 0 Å². The van der Waals surface area contributed by atoms with Crippen molar-refractivity contribution in [3.05, 3.63) is 46.6 Å². The normalized spacial score (nSPS) is 21.1. The molecular weight excluding hydrogens is 156 g/mol. The molecule has 0 saturated carbocycles. The van der Waals surface area contributed by atoms with E-state index in [4.69, 9.17) is 0 Å². The van der Waals surface area contributed by atoms with Gasteiger partial charge in [-0.1, -0.05) is 46.6 Å². The van der Waals surface area contributed by atoms with Gasteiger partial charge < -0.3 is 0 Å². The minimum absolute atomic E-state index is 1.18. The molecule has 0 bridgehead atoms. The van der Waals surface area contributed by atoms with Crippen molar-refractivity contribution in [3.63, 3.8) is 0 Å². The molecule has 2 aliphatic carbocycles. The second-order valence-corrected chi connectivity index (χ2v) is 4.21. The Morgan fingerprint density at radius 3 is 1.62 bits per heavy atom. The molecule has 0 fully saturated rings. The van der Waals surface area contributed by atoms with Crippen LogP contribution in [0, 0.1) is 0 Å². The fourth-order valence-corrected chi connectivity index (χ4v) is 2.01. The first-order valence-electron chi connectivity index (χ1n) is 4.94. The maximum absolute atomic E-state index is 2.28. The van der Waals surface area contributed by atoms with Crippen LogP contribution in [-0.2, 0) is 0 Å². The fourth-order valence-electron chi connectivity index (χ4n) is 2.01. The molecule has 0 aromatic carbocycles. The zero-order valence-corrected chi connectivity index (χ0v) is 8.43. The standard InChI is InChI=1S/C13H16/c1-10-3-5-12(7-10)9-13-6-4-11(2)8-13/h3-6H,7-9H2,1-2H3. The number of hydrogen-bond donors (Lipinski definition) is 0. The van der Waals surface area contributed by atoms with Crippen LogP contribution in [0.2, 0.25) is 0 Å². The number of rotatable bonds is 2. The molecule has 0 nitrogen and oxygen atoms in total. The van der Waals surface area contributed by atoms with Gasteiger partial charge in [-0.2, -0.15) is 0 Å². The largest absolute Gasteiger partial charge is 0.0693 e. The van der Waals surface area contributed by atoms with Crippen LogP contribution in [-0.4, -0.2) is 0 Å². The first-order chi connectivity index (χ1) is 6.24. The summed E-state index contributed by atoms with van der Waals surface area (Å²) in [6.45, 7) is 4.41. The monoisotopic (exact) mass is 172 g/mol. The third-order valence-corrected chi connectivity index (χ3v) is 2.67. The maximum atomic E-state index is 2.28. The minimum Gasteiger partial charge on any atom is -0.0693 e. The predicted octanol–water partition coefficient (Wildman–Crippen LogP) is 3.93. The van der Waals surface area contributed by atoms with E-state index in [1.807, 2.05) is 0 Å². The Hall–Kier alpha value is -1.04. The molecule has 2 rings (SSSR count). The lowest BCUT2D eigenvalue weighted by atomic mass is 10.0. The van der Waals surface area contributed by atoms with Gasteiger partial charge in [-0.05, 0) is 33.1 Å². The zero-order valence-electron chi connectivity index (χ0n) is 8.43. The van der Waals surface area contributed by atoms with Gasteiger partial charge in [-0.25, -0.2) is 0 Å². The smallest absolute Gasteiger partial charge is 0.00958 e. The van der Waals surface area contributed by atoms with Crippen molar-refractivity contribution in [2.75, 3.05) is 0 Å². The van der Waals surface area contributed by atoms with Crippen LogP contribution in [0.3, 0.4) is 0 Å². The average molecular weight is 172 g/mol. The highest BCUT2D eigenvalue weighted by Gasteiger charge is 2.09. The molecular formula is C13H16. The summed E-state index contributed by atoms with van der Waals surface area (Å²) in [5.74, 6) is 0. The van der Waals surface area contributed by atoms with E-state index in [1.165, 1.54) is 30.4 Å². The van der Waals surface area contributed by atoms with Gasteiger partial charge in [-0.15, -0.1) is 0 Å². The van der Waals surface area contributed by atoms with Crippen molar-refractivity contribution in [3.8, 4) is 0 Å². The highest BCUT2D eigenvalue weighted by atomic mass is 14.1. The highest BCUT2D eigenvalue weighted by Crippen LogP contribution is 2.29. The van der Waals surface area contributed by atoms with E-state index in [0.29, 0.717) is 0 Å². The van der Waals surface area contributed by atoms with Gasteiger partial charge in [0, 0.05) is 0 Å². The summed E-state index contributed by atoms with van der Waals surface area (Å²) in [7, 11) is 0. The van der Waals surface area contributed by atoms with E-state index in [2.05, 4.69) is 38.2 Å². The van der Waals surface area contributed by atoms with Gasteiger partial charge in [0.2, 0.25) is 0 Å². The summed E-state index contributed by atoms with van der Waals surface area (Å²) >= 11 is 0. The predicted molar refractivity (Wildman–Crippen MR) is 57.5 cm³/mol. The summed E-state index contributed by atoms with van der Waals surface area (Å²) in [4.78, 5) is 0. The van der Waals surface area contributed by atoms with Gasteiger partial charge in [0.05, 0.1) is 0 Å². The van der Waals surface area contributed by atoms with Gasteiger partial charge >= 0.3 is 0 Å². The summed E-state index contributed by atoms with van der Waals surface area (Å²) in [5.41, 5.74) is 6.15. The number of hydrogen-bond acceptors (Lipinski definition) is 0. The molecule has 0 heteroatoms. The highest BCUT2D eigenvalue weighted by molar-refractivity contribution is 5.37. The van der Waals surface area contributed by atoms with Crippen molar-refractivity contribution in [2.24, 2.45) is 0 Å². The van der Waals surface area contributed by atoms with Crippen molar-refractivity contribution in [1.82, 2.24) is 0 Å². The van der Waals surface area contributed by atoms with Crippen LogP contribution >= 0.6 is 0 Å². The Labute approximate surface area is 80.3 Å². The summed E-state index contributed by atoms with van der Waals surface area (Å²) in [6, 6.07) is 0. The molecule has 0 heterocycles. The molecule has 0 N–H and O–H groups in total. The first kappa shape index (κ1) is 8.55. The Kier molecular flexibility index (Phi) is 2.22. The molecule has 0 aliphatic heterocycles. The van der Waals surface area contributed by atoms with Crippen LogP contribution in [0.4, 0.5) is 0 Å². The van der Waals surface area contributed by atoms with E-state index in [1.54, 1.807) is 11.1 Å². The fraction of sp³-hybridized carbons (Fsp3) is 0.385. The van der Waals surface area contributed by atoms with Gasteiger partial charge in [0.15, 0.2) is 0 Å². The Morgan fingerprint density at radius 2 is 1.31 bits per heavy atom. The first-order valence-corrected chi connectivity index (χ1v) is 4.94. The SMILES string of the molecule is CC1=CC=C(CC2=CC=C(C)C2)C1. The van der Waals surface area contributed by atoms with Crippen molar-refractivity contribution in [2.45, 2.75) is 33.1 Å². The minimum atomic E-state index is 1.18. The lowest BCUT2D eigenvalue weighted by molar-refractivity contribution is 0.983. The van der Waals surface area contributed by atoms with Crippen molar-refractivity contribution in [1.29, 1.82) is 0 Å². The Morgan fingerprint density at radius 1 is 0.846 bits per heavy atom. The number of allylic oxidation sites excluding steroid dienone is 8. The molecule has 0 unspecified atom stereocenters. The van der Waals surface area contributed by atoms with E-state index < -0.39 is 0 Å². The second kappa shape index (κ2) is 3.37.